The SMILES string of the molecule is c1ccc(C2=NC(c3ccc4c(oc5c(-n6c7ccccc7c7ccccc76)cccc54)c3-c3ccc4sc5ccccc5c4c3)NC(c3ccccc3)=N2)cc1. The van der Waals surface area contributed by atoms with Gasteiger partial charge in [-0.3, -0.25) is 0 Å². The van der Waals surface area contributed by atoms with Crippen molar-refractivity contribution >= 4 is 86.9 Å². The highest BCUT2D eigenvalue weighted by atomic mass is 32.1. The number of furan rings is 1. The summed E-state index contributed by atoms with van der Waals surface area (Å²) in [5, 5.41) is 10.8. The molecule has 0 saturated heterocycles. The van der Waals surface area contributed by atoms with E-state index in [1.54, 1.807) is 0 Å². The van der Waals surface area contributed by atoms with E-state index in [1.165, 1.54) is 30.9 Å². The summed E-state index contributed by atoms with van der Waals surface area (Å²) in [6.45, 7) is 0. The summed E-state index contributed by atoms with van der Waals surface area (Å²) in [6, 6.07) is 64.2. The van der Waals surface area contributed by atoms with Crippen LogP contribution in [0, 0.1) is 0 Å². The van der Waals surface area contributed by atoms with Crippen LogP contribution in [0.15, 0.2) is 196 Å². The summed E-state index contributed by atoms with van der Waals surface area (Å²) in [5.74, 6) is 1.46. The number of rotatable bonds is 5. The monoisotopic (exact) mass is 748 g/mol. The van der Waals surface area contributed by atoms with E-state index in [0.717, 1.165) is 72.3 Å². The minimum atomic E-state index is -0.452. The molecule has 6 heteroatoms. The number of fused-ring (bicyclic) bond motifs is 9. The number of aromatic nitrogens is 1. The summed E-state index contributed by atoms with van der Waals surface area (Å²) in [7, 11) is 0. The average molecular weight is 749 g/mol. The van der Waals surface area contributed by atoms with E-state index in [4.69, 9.17) is 14.4 Å². The fraction of sp³-hybridized carbons (Fsp3) is 0.0196. The van der Waals surface area contributed by atoms with Crippen molar-refractivity contribution in [1.82, 2.24) is 9.88 Å². The van der Waals surface area contributed by atoms with E-state index in [2.05, 4.69) is 155 Å². The Labute approximate surface area is 331 Å². The molecule has 0 amide bonds. The Kier molecular flexibility index (Phi) is 7.09. The molecular formula is C51H32N4OS. The highest BCUT2D eigenvalue weighted by Gasteiger charge is 2.28. The van der Waals surface area contributed by atoms with Gasteiger partial charge in [-0.1, -0.05) is 146 Å². The van der Waals surface area contributed by atoms with E-state index in [0.29, 0.717) is 5.84 Å². The molecule has 0 radical (unpaired) electrons. The molecule has 12 rings (SSSR count). The largest absolute Gasteiger partial charge is 0.453 e. The van der Waals surface area contributed by atoms with Crippen molar-refractivity contribution in [3.05, 3.63) is 199 Å². The lowest BCUT2D eigenvalue weighted by atomic mass is 9.93. The normalized spacial score (nSPS) is 14.5. The van der Waals surface area contributed by atoms with Crippen molar-refractivity contribution in [2.24, 2.45) is 9.98 Å². The molecule has 1 atom stereocenters. The summed E-state index contributed by atoms with van der Waals surface area (Å²) < 4.78 is 12.2. The van der Waals surface area contributed by atoms with Gasteiger partial charge in [0.25, 0.3) is 0 Å². The standard InChI is InChI=1S/C51H32N4OS/c1-3-14-31(15-4-1)49-52-50(32-16-5-2-6-17-32)54-51(53-49)39-28-27-38-37-21-13-24-43(55-41-22-10-7-18-34(41)35-19-8-11-23-42(35)55)47(37)56-48(38)46(39)33-26-29-45-40(30-33)36-20-9-12-25-44(36)57-45/h1-30,51H,(H,52,53,54). The highest BCUT2D eigenvalue weighted by molar-refractivity contribution is 7.25. The van der Waals surface area contributed by atoms with Gasteiger partial charge in [-0.25, -0.2) is 9.98 Å². The van der Waals surface area contributed by atoms with Gasteiger partial charge in [0.15, 0.2) is 11.4 Å². The lowest BCUT2D eigenvalue weighted by Crippen LogP contribution is -2.33. The van der Waals surface area contributed by atoms with Crippen molar-refractivity contribution in [2.75, 3.05) is 0 Å². The number of thiophene rings is 1. The third kappa shape index (κ3) is 5.01. The smallest absolute Gasteiger partial charge is 0.159 e. The fourth-order valence-corrected chi connectivity index (χ4v) is 9.78. The Morgan fingerprint density at radius 1 is 0.491 bits per heavy atom. The predicted molar refractivity (Wildman–Crippen MR) is 238 cm³/mol. The van der Waals surface area contributed by atoms with Gasteiger partial charge in [0.05, 0.1) is 16.7 Å². The van der Waals surface area contributed by atoms with Crippen molar-refractivity contribution in [3.8, 4) is 16.8 Å². The summed E-state index contributed by atoms with van der Waals surface area (Å²) in [4.78, 5) is 10.4. The van der Waals surface area contributed by atoms with Crippen LogP contribution in [0.2, 0.25) is 0 Å². The third-order valence-corrected chi connectivity index (χ3v) is 12.4. The number of para-hydroxylation sites is 3. The second kappa shape index (κ2) is 12.6. The molecule has 0 fully saturated rings. The van der Waals surface area contributed by atoms with Crippen LogP contribution in [0.1, 0.15) is 22.9 Å². The zero-order valence-corrected chi connectivity index (χ0v) is 31.4. The van der Waals surface area contributed by atoms with Crippen LogP contribution >= 0.6 is 11.3 Å². The maximum absolute atomic E-state index is 7.30. The quantitative estimate of drug-likeness (QED) is 0.191. The van der Waals surface area contributed by atoms with Gasteiger partial charge in [0.2, 0.25) is 0 Å². The molecule has 8 aromatic carbocycles. The van der Waals surface area contributed by atoms with Crippen molar-refractivity contribution in [2.45, 2.75) is 6.17 Å². The van der Waals surface area contributed by atoms with E-state index >= 15 is 0 Å². The Morgan fingerprint density at radius 2 is 1.12 bits per heavy atom. The highest BCUT2D eigenvalue weighted by Crippen LogP contribution is 2.45. The molecule has 1 aliphatic heterocycles. The van der Waals surface area contributed by atoms with Crippen molar-refractivity contribution < 1.29 is 4.42 Å². The first-order chi connectivity index (χ1) is 28.3. The first-order valence-electron chi connectivity index (χ1n) is 19.2. The Morgan fingerprint density at radius 3 is 1.89 bits per heavy atom. The second-order valence-corrected chi connectivity index (χ2v) is 15.6. The molecule has 0 spiro atoms. The second-order valence-electron chi connectivity index (χ2n) is 14.5. The molecule has 0 bridgehead atoms. The van der Waals surface area contributed by atoms with E-state index in [9.17, 15) is 0 Å². The van der Waals surface area contributed by atoms with E-state index in [1.807, 2.05) is 47.7 Å². The van der Waals surface area contributed by atoms with Crippen LogP contribution in [0.5, 0.6) is 0 Å². The first-order valence-corrected chi connectivity index (χ1v) is 20.0. The maximum atomic E-state index is 7.30. The molecule has 4 heterocycles. The van der Waals surface area contributed by atoms with Gasteiger partial charge in [-0.2, -0.15) is 0 Å². The average Bonchev–Trinajstić information content (AvgIpc) is 3.96. The van der Waals surface area contributed by atoms with Crippen LogP contribution < -0.4 is 5.32 Å². The molecule has 1 unspecified atom stereocenters. The van der Waals surface area contributed by atoms with E-state index < -0.39 is 6.17 Å². The maximum Gasteiger partial charge on any atom is 0.159 e. The van der Waals surface area contributed by atoms with Crippen LogP contribution in [-0.4, -0.2) is 16.2 Å². The number of hydrogen-bond acceptors (Lipinski definition) is 5. The summed E-state index contributed by atoms with van der Waals surface area (Å²) in [6.07, 6.45) is -0.452. The molecule has 268 valence electrons. The van der Waals surface area contributed by atoms with Gasteiger partial charge in [0.1, 0.15) is 17.6 Å². The topological polar surface area (TPSA) is 54.8 Å². The van der Waals surface area contributed by atoms with Gasteiger partial charge in [-0.05, 0) is 42.0 Å². The number of benzene rings is 8. The molecule has 5 nitrogen and oxygen atoms in total. The fourth-order valence-electron chi connectivity index (χ4n) is 8.70. The van der Waals surface area contributed by atoms with Crippen molar-refractivity contribution in [3.63, 3.8) is 0 Å². The minimum absolute atomic E-state index is 0.452. The van der Waals surface area contributed by atoms with Gasteiger partial charge < -0.3 is 14.3 Å². The molecular weight excluding hydrogens is 717 g/mol. The molecule has 1 aliphatic rings. The van der Waals surface area contributed by atoms with Crippen LogP contribution in [0.3, 0.4) is 0 Å². The lowest BCUT2D eigenvalue weighted by molar-refractivity contribution is 0.656. The number of nitrogens with one attached hydrogen (secondary N) is 1. The molecule has 57 heavy (non-hydrogen) atoms. The Bertz CT molecular complexity index is 3390. The minimum Gasteiger partial charge on any atom is -0.453 e. The van der Waals surface area contributed by atoms with Gasteiger partial charge in [-0.15, -0.1) is 11.3 Å². The molecule has 3 aromatic heterocycles. The molecule has 11 aromatic rings. The molecule has 1 N–H and O–H groups in total. The zero-order chi connectivity index (χ0) is 37.5. The van der Waals surface area contributed by atoms with Crippen molar-refractivity contribution in [1.29, 1.82) is 0 Å². The predicted octanol–water partition coefficient (Wildman–Crippen LogP) is 13.2. The van der Waals surface area contributed by atoms with Gasteiger partial charge >= 0.3 is 0 Å². The zero-order valence-electron chi connectivity index (χ0n) is 30.6. The Balaban J connectivity index is 1.15. The molecule has 0 aliphatic carbocycles. The molecule has 0 saturated carbocycles. The van der Waals surface area contributed by atoms with Crippen LogP contribution in [-0.2, 0) is 0 Å². The van der Waals surface area contributed by atoms with Gasteiger partial charge in [0, 0.05) is 64.0 Å². The Hall–Kier alpha value is -7.28. The number of amidine groups is 2. The first kappa shape index (κ1) is 32.0. The number of aliphatic imine (C=N–C) groups is 2. The van der Waals surface area contributed by atoms with Crippen LogP contribution in [0.4, 0.5) is 0 Å². The lowest BCUT2D eigenvalue weighted by Gasteiger charge is -2.25. The number of nitrogens with zero attached hydrogens (tertiary/aromatic N) is 3. The van der Waals surface area contributed by atoms with Crippen LogP contribution in [0.25, 0.3) is 80.7 Å². The third-order valence-electron chi connectivity index (χ3n) is 11.3. The van der Waals surface area contributed by atoms with E-state index in [-0.39, 0.29) is 0 Å². The summed E-state index contributed by atoms with van der Waals surface area (Å²) in [5.41, 5.74) is 10.0. The number of hydrogen-bond donors (Lipinski definition) is 1. The summed E-state index contributed by atoms with van der Waals surface area (Å²) >= 11 is 1.83.